The number of hydrogen-bond donors (Lipinski definition) is 1. The van der Waals surface area contributed by atoms with E-state index in [1.54, 1.807) is 48.5 Å². The first-order valence-corrected chi connectivity index (χ1v) is 11.9. The summed E-state index contributed by atoms with van der Waals surface area (Å²) in [5.74, 6) is -1.62. The first-order valence-electron chi connectivity index (χ1n) is 11.9. The second-order valence-corrected chi connectivity index (χ2v) is 8.84. The van der Waals surface area contributed by atoms with Crippen molar-refractivity contribution in [1.29, 1.82) is 0 Å². The van der Waals surface area contributed by atoms with Gasteiger partial charge < -0.3 is 14.6 Å². The summed E-state index contributed by atoms with van der Waals surface area (Å²) in [6.45, 7) is 1.91. The summed E-state index contributed by atoms with van der Waals surface area (Å²) in [6, 6.07) is 25.9. The van der Waals surface area contributed by atoms with E-state index in [-0.39, 0.29) is 16.9 Å². The van der Waals surface area contributed by atoms with Crippen molar-refractivity contribution in [3.05, 3.63) is 125 Å². The number of carbonyl (C=O) groups excluding carboxylic acids is 2. The van der Waals surface area contributed by atoms with Crippen molar-refractivity contribution in [1.82, 2.24) is 0 Å². The molecule has 5 rings (SSSR count). The summed E-state index contributed by atoms with van der Waals surface area (Å²) < 4.78 is 25.5. The molecule has 7 heteroatoms. The van der Waals surface area contributed by atoms with E-state index in [9.17, 15) is 19.1 Å². The summed E-state index contributed by atoms with van der Waals surface area (Å²) in [4.78, 5) is 28.2. The number of ether oxygens (including phenoxy) is 2. The number of aliphatic hydroxyl groups is 1. The van der Waals surface area contributed by atoms with Gasteiger partial charge in [-0.3, -0.25) is 14.5 Å². The molecule has 1 aliphatic rings. The van der Waals surface area contributed by atoms with Crippen LogP contribution in [-0.4, -0.2) is 23.9 Å². The molecule has 38 heavy (non-hydrogen) atoms. The highest BCUT2D eigenvalue weighted by atomic mass is 19.1. The summed E-state index contributed by atoms with van der Waals surface area (Å²) in [5, 5.41) is 11.4. The maximum absolute atomic E-state index is 14.2. The van der Waals surface area contributed by atoms with Crippen LogP contribution in [0.1, 0.15) is 22.7 Å². The average molecular weight is 510 g/mol. The number of hydrogen-bond acceptors (Lipinski definition) is 5. The van der Waals surface area contributed by atoms with E-state index in [0.29, 0.717) is 22.7 Å². The Kier molecular flexibility index (Phi) is 6.66. The molecule has 1 heterocycles. The van der Waals surface area contributed by atoms with Crippen LogP contribution in [0.2, 0.25) is 0 Å². The van der Waals surface area contributed by atoms with E-state index in [1.807, 2.05) is 37.3 Å². The molecule has 1 unspecified atom stereocenters. The minimum atomic E-state index is -1.01. The summed E-state index contributed by atoms with van der Waals surface area (Å²) in [7, 11) is 1.37. The highest BCUT2D eigenvalue weighted by Crippen LogP contribution is 2.44. The minimum absolute atomic E-state index is 0.0314. The van der Waals surface area contributed by atoms with Crippen molar-refractivity contribution in [3.63, 3.8) is 0 Å². The van der Waals surface area contributed by atoms with E-state index in [0.717, 1.165) is 11.6 Å². The largest absolute Gasteiger partial charge is 0.507 e. The van der Waals surface area contributed by atoms with Gasteiger partial charge in [-0.25, -0.2) is 4.39 Å². The van der Waals surface area contributed by atoms with E-state index in [4.69, 9.17) is 9.47 Å². The molecule has 0 aromatic heterocycles. The third kappa shape index (κ3) is 4.62. The van der Waals surface area contributed by atoms with Crippen LogP contribution in [-0.2, 0) is 9.59 Å². The molecule has 0 spiro atoms. The molecular formula is C31H24FNO5. The van der Waals surface area contributed by atoms with Crippen molar-refractivity contribution in [2.75, 3.05) is 12.0 Å². The molecule has 0 aliphatic carbocycles. The number of halogens is 1. The van der Waals surface area contributed by atoms with Gasteiger partial charge in [0.2, 0.25) is 0 Å². The minimum Gasteiger partial charge on any atom is -0.507 e. The third-order valence-corrected chi connectivity index (χ3v) is 6.33. The van der Waals surface area contributed by atoms with Crippen molar-refractivity contribution < 1.29 is 28.6 Å². The number of Topliss-reactive ketones (excluding diaryl/α,β-unsaturated/α-hetero) is 1. The van der Waals surface area contributed by atoms with Crippen LogP contribution in [0.3, 0.4) is 0 Å². The van der Waals surface area contributed by atoms with Crippen molar-refractivity contribution in [3.8, 4) is 17.2 Å². The number of aliphatic hydroxyl groups excluding tert-OH is 1. The number of nitrogens with zero attached hydrogens (tertiary/aromatic N) is 1. The molecule has 6 nitrogen and oxygen atoms in total. The molecule has 1 aliphatic heterocycles. The molecule has 1 atom stereocenters. The molecule has 4 aromatic rings. The number of methoxy groups -OCH3 is 1. The maximum Gasteiger partial charge on any atom is 0.300 e. The molecule has 4 aromatic carbocycles. The van der Waals surface area contributed by atoms with Gasteiger partial charge in [0.1, 0.15) is 28.8 Å². The zero-order chi connectivity index (χ0) is 26.8. The molecule has 190 valence electrons. The first kappa shape index (κ1) is 24.8. The van der Waals surface area contributed by atoms with Gasteiger partial charge in [-0.05, 0) is 67.1 Å². The SMILES string of the molecule is COc1ccc(F)cc1/C(O)=C1\C(=O)C(=O)N(c2ccc(C)cc2)C1c1cccc(Oc2ccccc2)c1. The van der Waals surface area contributed by atoms with Crippen LogP contribution in [0, 0.1) is 12.7 Å². The van der Waals surface area contributed by atoms with Crippen LogP contribution in [0.25, 0.3) is 5.76 Å². The standard InChI is InChI=1S/C31H24FNO5/c1-19-11-14-22(15-12-19)33-28(20-7-6-10-24(17-20)38-23-8-4-3-5-9-23)27(30(35)31(33)36)29(34)25-18-21(32)13-16-26(25)37-2/h3-18,28,34H,1-2H3/b29-27+. The predicted molar refractivity (Wildman–Crippen MR) is 142 cm³/mol. The molecular weight excluding hydrogens is 485 g/mol. The second kappa shape index (κ2) is 10.2. The summed E-state index contributed by atoms with van der Waals surface area (Å²) in [6.07, 6.45) is 0. The van der Waals surface area contributed by atoms with Crippen LogP contribution in [0.5, 0.6) is 17.2 Å². The van der Waals surface area contributed by atoms with Gasteiger partial charge in [0, 0.05) is 5.69 Å². The number of carbonyl (C=O) groups is 2. The average Bonchev–Trinajstić information content (AvgIpc) is 3.19. The van der Waals surface area contributed by atoms with Gasteiger partial charge in [0.25, 0.3) is 11.7 Å². The smallest absolute Gasteiger partial charge is 0.300 e. The Balaban J connectivity index is 1.70. The van der Waals surface area contributed by atoms with Crippen LogP contribution >= 0.6 is 0 Å². The topological polar surface area (TPSA) is 76.1 Å². The Bertz CT molecular complexity index is 1550. The number of benzene rings is 4. The molecule has 1 N–H and O–H groups in total. The van der Waals surface area contributed by atoms with Crippen molar-refractivity contribution in [2.24, 2.45) is 0 Å². The quantitative estimate of drug-likeness (QED) is 0.181. The molecule has 1 amide bonds. The monoisotopic (exact) mass is 509 g/mol. The molecule has 1 saturated heterocycles. The fourth-order valence-corrected chi connectivity index (χ4v) is 4.50. The van der Waals surface area contributed by atoms with Crippen LogP contribution < -0.4 is 14.4 Å². The lowest BCUT2D eigenvalue weighted by Gasteiger charge is -2.26. The highest BCUT2D eigenvalue weighted by Gasteiger charge is 2.47. The zero-order valence-corrected chi connectivity index (χ0v) is 20.7. The Labute approximate surface area is 219 Å². The number of amides is 1. The zero-order valence-electron chi connectivity index (χ0n) is 20.7. The number of ketones is 1. The predicted octanol–water partition coefficient (Wildman–Crippen LogP) is 6.56. The summed E-state index contributed by atoms with van der Waals surface area (Å²) in [5.41, 5.74) is 1.76. The number of anilines is 1. The first-order chi connectivity index (χ1) is 18.4. The maximum atomic E-state index is 14.2. The van der Waals surface area contributed by atoms with Crippen molar-refractivity contribution in [2.45, 2.75) is 13.0 Å². The number of rotatable bonds is 6. The highest BCUT2D eigenvalue weighted by molar-refractivity contribution is 6.51. The molecule has 1 fully saturated rings. The normalized spacial score (nSPS) is 16.5. The van der Waals surface area contributed by atoms with Crippen molar-refractivity contribution >= 4 is 23.1 Å². The van der Waals surface area contributed by atoms with E-state index in [2.05, 4.69) is 0 Å². The van der Waals surface area contributed by atoms with E-state index < -0.39 is 29.3 Å². The van der Waals surface area contributed by atoms with Gasteiger partial charge in [0.15, 0.2) is 0 Å². The van der Waals surface area contributed by atoms with E-state index >= 15 is 0 Å². The Morgan fingerprint density at radius 1 is 0.868 bits per heavy atom. The van der Waals surface area contributed by atoms with Crippen LogP contribution in [0.15, 0.2) is 103 Å². The number of para-hydroxylation sites is 1. The van der Waals surface area contributed by atoms with Gasteiger partial charge in [-0.1, -0.05) is 48.0 Å². The molecule has 0 bridgehead atoms. The van der Waals surface area contributed by atoms with Gasteiger partial charge >= 0.3 is 0 Å². The summed E-state index contributed by atoms with van der Waals surface area (Å²) >= 11 is 0. The lowest BCUT2D eigenvalue weighted by Crippen LogP contribution is -2.29. The van der Waals surface area contributed by atoms with Gasteiger partial charge in [-0.15, -0.1) is 0 Å². The third-order valence-electron chi connectivity index (χ3n) is 6.33. The van der Waals surface area contributed by atoms with E-state index in [1.165, 1.54) is 24.1 Å². The Morgan fingerprint density at radius 3 is 2.29 bits per heavy atom. The van der Waals surface area contributed by atoms with Gasteiger partial charge in [0.05, 0.1) is 24.3 Å². The van der Waals surface area contributed by atoms with Crippen LogP contribution in [0.4, 0.5) is 10.1 Å². The Hall–Kier alpha value is -4.91. The lowest BCUT2D eigenvalue weighted by molar-refractivity contribution is -0.132. The second-order valence-electron chi connectivity index (χ2n) is 8.84. The molecule has 0 radical (unpaired) electrons. The van der Waals surface area contributed by atoms with Gasteiger partial charge in [-0.2, -0.15) is 0 Å². The molecule has 0 saturated carbocycles. The Morgan fingerprint density at radius 2 is 1.58 bits per heavy atom. The fraction of sp³-hybridized carbons (Fsp3) is 0.0968. The fourth-order valence-electron chi connectivity index (χ4n) is 4.50. The number of aryl methyl sites for hydroxylation is 1. The lowest BCUT2D eigenvalue weighted by atomic mass is 9.94.